The molecule has 6 heteroatoms. The Kier molecular flexibility index (Phi) is 3.47. The Balaban J connectivity index is 1.70. The summed E-state index contributed by atoms with van der Waals surface area (Å²) in [7, 11) is 0. The first-order valence-electron chi connectivity index (χ1n) is 6.07. The van der Waals surface area contributed by atoms with Crippen LogP contribution in [0.5, 0.6) is 0 Å². The Labute approximate surface area is 123 Å². The second kappa shape index (κ2) is 5.42. The standard InChI is InChI=1S/C14H12BrN3O2/c15-13-6-5-12(20-13)9-17-10-1-3-11(4-2-10)18-8-7-16-14(18)19/h1-8,17H,9H2,(H,16,19). The molecule has 5 nitrogen and oxygen atoms in total. The Bertz CT molecular complexity index is 755. The molecule has 3 rings (SSSR count). The van der Waals surface area contributed by atoms with Crippen molar-refractivity contribution in [2.75, 3.05) is 5.32 Å². The second-order valence-corrected chi connectivity index (χ2v) is 5.02. The van der Waals surface area contributed by atoms with E-state index in [1.165, 1.54) is 0 Å². The highest BCUT2D eigenvalue weighted by atomic mass is 79.9. The second-order valence-electron chi connectivity index (χ2n) is 4.24. The number of aromatic amines is 1. The van der Waals surface area contributed by atoms with Crippen molar-refractivity contribution >= 4 is 21.6 Å². The van der Waals surface area contributed by atoms with Crippen LogP contribution in [0.1, 0.15) is 5.76 Å². The van der Waals surface area contributed by atoms with E-state index < -0.39 is 0 Å². The van der Waals surface area contributed by atoms with Gasteiger partial charge in [-0.15, -0.1) is 0 Å². The molecular weight excluding hydrogens is 322 g/mol. The van der Waals surface area contributed by atoms with Crippen molar-refractivity contribution in [2.45, 2.75) is 6.54 Å². The fraction of sp³-hybridized carbons (Fsp3) is 0.0714. The van der Waals surface area contributed by atoms with Gasteiger partial charge in [-0.3, -0.25) is 4.57 Å². The van der Waals surface area contributed by atoms with Crippen molar-refractivity contribution in [1.29, 1.82) is 0 Å². The summed E-state index contributed by atoms with van der Waals surface area (Å²) < 4.78 is 7.68. The molecule has 0 aliphatic rings. The molecule has 0 bridgehead atoms. The van der Waals surface area contributed by atoms with Gasteiger partial charge in [-0.1, -0.05) is 0 Å². The lowest BCUT2D eigenvalue weighted by atomic mass is 10.2. The predicted octanol–water partition coefficient (Wildman–Crippen LogP) is 3.13. The molecule has 0 amide bonds. The summed E-state index contributed by atoms with van der Waals surface area (Å²) in [6.45, 7) is 0.606. The number of aromatic nitrogens is 2. The molecule has 0 spiro atoms. The zero-order valence-corrected chi connectivity index (χ0v) is 12.1. The van der Waals surface area contributed by atoms with E-state index in [1.807, 2.05) is 36.4 Å². The van der Waals surface area contributed by atoms with Gasteiger partial charge in [-0.05, 0) is 52.3 Å². The quantitative estimate of drug-likeness (QED) is 0.771. The number of hydrogen-bond donors (Lipinski definition) is 2. The van der Waals surface area contributed by atoms with Crippen molar-refractivity contribution in [2.24, 2.45) is 0 Å². The minimum Gasteiger partial charge on any atom is -0.452 e. The molecule has 0 aliphatic carbocycles. The molecule has 0 unspecified atom stereocenters. The molecule has 2 aromatic heterocycles. The number of halogens is 1. The zero-order chi connectivity index (χ0) is 13.9. The van der Waals surface area contributed by atoms with Gasteiger partial charge in [0.2, 0.25) is 0 Å². The fourth-order valence-electron chi connectivity index (χ4n) is 1.90. The van der Waals surface area contributed by atoms with E-state index >= 15 is 0 Å². The topological polar surface area (TPSA) is 63.0 Å². The summed E-state index contributed by atoms with van der Waals surface area (Å²) in [5.41, 5.74) is 1.64. The SMILES string of the molecule is O=c1[nH]ccn1-c1ccc(NCc2ccc(Br)o2)cc1. The number of rotatable bonds is 4. The Hall–Kier alpha value is -2.21. The smallest absolute Gasteiger partial charge is 0.330 e. The van der Waals surface area contributed by atoms with Gasteiger partial charge in [0.15, 0.2) is 4.67 Å². The minimum atomic E-state index is -0.147. The van der Waals surface area contributed by atoms with E-state index in [1.54, 1.807) is 17.0 Å². The third kappa shape index (κ3) is 2.70. The number of furan rings is 1. The summed E-state index contributed by atoms with van der Waals surface area (Å²) in [6.07, 6.45) is 3.31. The maximum atomic E-state index is 11.5. The van der Waals surface area contributed by atoms with Crippen LogP contribution in [0.15, 0.2) is 62.7 Å². The number of anilines is 1. The monoisotopic (exact) mass is 333 g/mol. The van der Waals surface area contributed by atoms with E-state index in [0.717, 1.165) is 21.8 Å². The largest absolute Gasteiger partial charge is 0.452 e. The number of benzene rings is 1. The normalized spacial score (nSPS) is 10.7. The van der Waals surface area contributed by atoms with E-state index in [2.05, 4.69) is 26.2 Å². The molecular formula is C14H12BrN3O2. The van der Waals surface area contributed by atoms with Gasteiger partial charge in [-0.2, -0.15) is 0 Å². The third-order valence-corrected chi connectivity index (χ3v) is 3.32. The van der Waals surface area contributed by atoms with Crippen LogP contribution < -0.4 is 11.0 Å². The maximum Gasteiger partial charge on any atom is 0.330 e. The minimum absolute atomic E-state index is 0.147. The molecule has 0 fully saturated rings. The maximum absolute atomic E-state index is 11.5. The van der Waals surface area contributed by atoms with Gasteiger partial charge >= 0.3 is 5.69 Å². The van der Waals surface area contributed by atoms with Gasteiger partial charge in [0, 0.05) is 18.1 Å². The van der Waals surface area contributed by atoms with E-state index in [4.69, 9.17) is 4.42 Å². The summed E-state index contributed by atoms with van der Waals surface area (Å²) in [5.74, 6) is 0.850. The first-order valence-corrected chi connectivity index (χ1v) is 6.86. The predicted molar refractivity (Wildman–Crippen MR) is 80.1 cm³/mol. The zero-order valence-electron chi connectivity index (χ0n) is 10.5. The highest BCUT2D eigenvalue weighted by molar-refractivity contribution is 9.10. The van der Waals surface area contributed by atoms with E-state index in [-0.39, 0.29) is 5.69 Å². The van der Waals surface area contributed by atoms with Gasteiger partial charge in [-0.25, -0.2) is 4.79 Å². The van der Waals surface area contributed by atoms with Crippen LogP contribution in [0.4, 0.5) is 5.69 Å². The number of nitrogens with one attached hydrogen (secondary N) is 2. The first kappa shape index (κ1) is 12.8. The van der Waals surface area contributed by atoms with Crippen molar-refractivity contribution in [1.82, 2.24) is 9.55 Å². The van der Waals surface area contributed by atoms with Gasteiger partial charge in [0.05, 0.1) is 12.2 Å². The molecule has 0 aliphatic heterocycles. The summed E-state index contributed by atoms with van der Waals surface area (Å²) in [5, 5.41) is 3.25. The van der Waals surface area contributed by atoms with Gasteiger partial charge in [0.25, 0.3) is 0 Å². The molecule has 3 aromatic rings. The third-order valence-electron chi connectivity index (χ3n) is 2.89. The average molecular weight is 334 g/mol. The Morgan fingerprint density at radius 3 is 2.60 bits per heavy atom. The number of imidazole rings is 1. The lowest BCUT2D eigenvalue weighted by Gasteiger charge is -2.06. The lowest BCUT2D eigenvalue weighted by molar-refractivity contribution is 0.495. The van der Waals surface area contributed by atoms with Gasteiger partial charge in [0.1, 0.15) is 5.76 Å². The molecule has 2 heterocycles. The Morgan fingerprint density at radius 2 is 2.00 bits per heavy atom. The van der Waals surface area contributed by atoms with Crippen LogP contribution >= 0.6 is 15.9 Å². The molecule has 2 N–H and O–H groups in total. The molecule has 1 aromatic carbocycles. The van der Waals surface area contributed by atoms with Crippen molar-refractivity contribution in [3.05, 3.63) is 69.7 Å². The molecule has 0 atom stereocenters. The summed E-state index contributed by atoms with van der Waals surface area (Å²) in [6, 6.07) is 11.4. The van der Waals surface area contributed by atoms with E-state index in [9.17, 15) is 4.79 Å². The van der Waals surface area contributed by atoms with Crippen molar-refractivity contribution < 1.29 is 4.42 Å². The van der Waals surface area contributed by atoms with Crippen LogP contribution in [-0.4, -0.2) is 9.55 Å². The van der Waals surface area contributed by atoms with Crippen molar-refractivity contribution in [3.8, 4) is 5.69 Å². The van der Waals surface area contributed by atoms with Crippen LogP contribution in [0.2, 0.25) is 0 Å². The van der Waals surface area contributed by atoms with Gasteiger partial charge < -0.3 is 14.7 Å². The van der Waals surface area contributed by atoms with Crippen molar-refractivity contribution in [3.63, 3.8) is 0 Å². The molecule has 102 valence electrons. The highest BCUT2D eigenvalue weighted by Crippen LogP contribution is 2.16. The fourth-order valence-corrected chi connectivity index (χ4v) is 2.24. The number of hydrogen-bond acceptors (Lipinski definition) is 3. The molecule has 0 saturated heterocycles. The van der Waals surface area contributed by atoms with Crippen LogP contribution in [0.3, 0.4) is 0 Å². The highest BCUT2D eigenvalue weighted by Gasteiger charge is 2.01. The average Bonchev–Trinajstić information content (AvgIpc) is 3.06. The van der Waals surface area contributed by atoms with E-state index in [0.29, 0.717) is 6.54 Å². The molecule has 20 heavy (non-hydrogen) atoms. The number of nitrogens with zero attached hydrogens (tertiary/aromatic N) is 1. The summed E-state index contributed by atoms with van der Waals surface area (Å²) >= 11 is 3.27. The summed E-state index contributed by atoms with van der Waals surface area (Å²) in [4.78, 5) is 14.1. The first-order chi connectivity index (χ1) is 9.72. The van der Waals surface area contributed by atoms with Crippen LogP contribution in [-0.2, 0) is 6.54 Å². The Morgan fingerprint density at radius 1 is 1.20 bits per heavy atom. The molecule has 0 radical (unpaired) electrons. The number of H-pyrrole nitrogens is 1. The molecule has 0 saturated carbocycles. The van der Waals surface area contributed by atoms with Crippen LogP contribution in [0.25, 0.3) is 5.69 Å². The lowest BCUT2D eigenvalue weighted by Crippen LogP contribution is -2.13. The van der Waals surface area contributed by atoms with Crippen LogP contribution in [0, 0.1) is 0 Å².